The standard InChI is InChI=1S/C54H100O6/c1-4-7-10-13-15-17-19-21-23-24-25-26-27-28-29-30-31-33-34-36-38-41-44-47-53(56)59-50-51(49-58-52(55)46-43-40-12-9-6-3)60-54(57)48-45-42-39-37-35-32-22-20-18-16-14-11-8-5-2/h20,22,24-25,51H,4-19,21,23,26-50H2,1-3H3/b22-20-,25-24-. The summed E-state index contributed by atoms with van der Waals surface area (Å²) < 4.78 is 16.7. The summed E-state index contributed by atoms with van der Waals surface area (Å²) in [6, 6.07) is 0. The number of carbonyl (C=O) groups is 3. The van der Waals surface area contributed by atoms with E-state index in [0.29, 0.717) is 19.3 Å². The van der Waals surface area contributed by atoms with E-state index < -0.39 is 6.10 Å². The third-order valence-corrected chi connectivity index (χ3v) is 11.7. The first kappa shape index (κ1) is 57.9. The Hall–Kier alpha value is -2.11. The van der Waals surface area contributed by atoms with E-state index in [9.17, 15) is 14.4 Å². The molecule has 352 valence electrons. The van der Waals surface area contributed by atoms with Crippen LogP contribution in [0.4, 0.5) is 0 Å². The van der Waals surface area contributed by atoms with Crippen molar-refractivity contribution in [3.8, 4) is 0 Å². The van der Waals surface area contributed by atoms with Crippen LogP contribution in [0, 0.1) is 0 Å². The molecule has 1 atom stereocenters. The second kappa shape index (κ2) is 49.5. The highest BCUT2D eigenvalue weighted by molar-refractivity contribution is 5.71. The Morgan fingerprint density at radius 3 is 0.833 bits per heavy atom. The highest BCUT2D eigenvalue weighted by Crippen LogP contribution is 2.15. The molecule has 0 saturated heterocycles. The van der Waals surface area contributed by atoms with Gasteiger partial charge in [-0.25, -0.2) is 0 Å². The summed E-state index contributed by atoms with van der Waals surface area (Å²) in [4.78, 5) is 37.6. The summed E-state index contributed by atoms with van der Waals surface area (Å²) in [5, 5.41) is 0. The van der Waals surface area contributed by atoms with Crippen LogP contribution in [0.2, 0.25) is 0 Å². The van der Waals surface area contributed by atoms with Gasteiger partial charge in [0.25, 0.3) is 0 Å². The van der Waals surface area contributed by atoms with Gasteiger partial charge in [0.2, 0.25) is 0 Å². The van der Waals surface area contributed by atoms with Crippen molar-refractivity contribution in [2.75, 3.05) is 13.2 Å². The minimum atomic E-state index is -0.768. The van der Waals surface area contributed by atoms with E-state index in [4.69, 9.17) is 14.2 Å². The maximum atomic E-state index is 12.7. The first-order chi connectivity index (χ1) is 29.5. The highest BCUT2D eigenvalue weighted by atomic mass is 16.6. The monoisotopic (exact) mass is 845 g/mol. The average Bonchev–Trinajstić information content (AvgIpc) is 3.24. The van der Waals surface area contributed by atoms with Crippen molar-refractivity contribution < 1.29 is 28.6 Å². The molecule has 0 aliphatic carbocycles. The van der Waals surface area contributed by atoms with E-state index in [0.717, 1.165) is 70.6 Å². The van der Waals surface area contributed by atoms with Crippen LogP contribution in [-0.2, 0) is 28.6 Å². The lowest BCUT2D eigenvalue weighted by Gasteiger charge is -2.18. The molecule has 0 aromatic carbocycles. The van der Waals surface area contributed by atoms with Crippen molar-refractivity contribution in [3.63, 3.8) is 0 Å². The lowest BCUT2D eigenvalue weighted by Crippen LogP contribution is -2.30. The molecule has 0 bridgehead atoms. The van der Waals surface area contributed by atoms with Crippen LogP contribution in [0.25, 0.3) is 0 Å². The number of carbonyl (C=O) groups excluding carboxylic acids is 3. The van der Waals surface area contributed by atoms with Gasteiger partial charge in [0.1, 0.15) is 13.2 Å². The summed E-state index contributed by atoms with van der Waals surface area (Å²) in [5.41, 5.74) is 0. The summed E-state index contributed by atoms with van der Waals surface area (Å²) >= 11 is 0. The van der Waals surface area contributed by atoms with Gasteiger partial charge < -0.3 is 14.2 Å². The van der Waals surface area contributed by atoms with Gasteiger partial charge in [-0.3, -0.25) is 14.4 Å². The van der Waals surface area contributed by atoms with E-state index in [1.807, 2.05) is 0 Å². The number of hydrogen-bond acceptors (Lipinski definition) is 6. The molecule has 0 radical (unpaired) electrons. The average molecular weight is 845 g/mol. The van der Waals surface area contributed by atoms with Crippen LogP contribution in [0.5, 0.6) is 0 Å². The first-order valence-electron chi connectivity index (χ1n) is 26.3. The summed E-state index contributed by atoms with van der Waals surface area (Å²) in [7, 11) is 0. The topological polar surface area (TPSA) is 78.9 Å². The van der Waals surface area contributed by atoms with Gasteiger partial charge in [-0.1, -0.05) is 218 Å². The molecule has 0 saturated carbocycles. The number of unbranched alkanes of at least 4 members (excludes halogenated alkanes) is 33. The molecule has 0 N–H and O–H groups in total. The molecule has 60 heavy (non-hydrogen) atoms. The molecule has 0 fully saturated rings. The van der Waals surface area contributed by atoms with Crippen LogP contribution in [-0.4, -0.2) is 37.2 Å². The lowest BCUT2D eigenvalue weighted by molar-refractivity contribution is -0.167. The smallest absolute Gasteiger partial charge is 0.306 e. The SMILES string of the molecule is CCCCCCC/C=C\CCCCCCCC(=O)OC(COC(=O)CCCCCCC)COC(=O)CCCCCCCCCCCCC/C=C\CCCCCCCCCC. The van der Waals surface area contributed by atoms with Gasteiger partial charge in [-0.2, -0.15) is 0 Å². The number of hydrogen-bond donors (Lipinski definition) is 0. The van der Waals surface area contributed by atoms with E-state index in [1.54, 1.807) is 0 Å². The number of ether oxygens (including phenoxy) is 3. The quantitative estimate of drug-likeness (QED) is 0.0263. The Bertz CT molecular complexity index is 973. The molecule has 0 aromatic rings. The van der Waals surface area contributed by atoms with Gasteiger partial charge in [-0.15, -0.1) is 0 Å². The summed E-state index contributed by atoms with van der Waals surface area (Å²) in [5.74, 6) is -0.886. The van der Waals surface area contributed by atoms with Crippen LogP contribution in [0.3, 0.4) is 0 Å². The Labute approximate surface area is 373 Å². The highest BCUT2D eigenvalue weighted by Gasteiger charge is 2.19. The number of allylic oxidation sites excluding steroid dienone is 4. The van der Waals surface area contributed by atoms with Crippen molar-refractivity contribution in [2.45, 2.75) is 290 Å². The minimum absolute atomic E-state index is 0.0727. The predicted octanol–water partition coefficient (Wildman–Crippen LogP) is 17.2. The van der Waals surface area contributed by atoms with Crippen LogP contribution in [0.1, 0.15) is 284 Å². The molecule has 0 aliphatic rings. The molecule has 0 amide bonds. The zero-order valence-corrected chi connectivity index (χ0v) is 40.2. The van der Waals surface area contributed by atoms with E-state index >= 15 is 0 Å². The molecule has 1 unspecified atom stereocenters. The van der Waals surface area contributed by atoms with Gasteiger partial charge in [-0.05, 0) is 70.6 Å². The molecule has 0 aromatic heterocycles. The maximum Gasteiger partial charge on any atom is 0.306 e. The third-order valence-electron chi connectivity index (χ3n) is 11.7. The second-order valence-electron chi connectivity index (χ2n) is 17.8. The maximum absolute atomic E-state index is 12.7. The molecular weight excluding hydrogens is 745 g/mol. The normalized spacial score (nSPS) is 12.1. The first-order valence-corrected chi connectivity index (χ1v) is 26.3. The van der Waals surface area contributed by atoms with Crippen LogP contribution >= 0.6 is 0 Å². The Balaban J connectivity index is 4.07. The van der Waals surface area contributed by atoms with Crippen molar-refractivity contribution in [1.82, 2.24) is 0 Å². The predicted molar refractivity (Wildman–Crippen MR) is 256 cm³/mol. The summed E-state index contributed by atoms with van der Waals surface area (Å²) in [6.07, 6.45) is 56.4. The Morgan fingerprint density at radius 2 is 0.550 bits per heavy atom. The fourth-order valence-electron chi connectivity index (χ4n) is 7.67. The van der Waals surface area contributed by atoms with Gasteiger partial charge in [0.05, 0.1) is 0 Å². The van der Waals surface area contributed by atoms with E-state index in [1.165, 1.54) is 173 Å². The Morgan fingerprint density at radius 1 is 0.317 bits per heavy atom. The van der Waals surface area contributed by atoms with E-state index in [-0.39, 0.29) is 31.1 Å². The third kappa shape index (κ3) is 46.9. The molecular formula is C54H100O6. The number of rotatable bonds is 48. The van der Waals surface area contributed by atoms with Crippen molar-refractivity contribution in [3.05, 3.63) is 24.3 Å². The van der Waals surface area contributed by atoms with Crippen molar-refractivity contribution in [1.29, 1.82) is 0 Å². The molecule has 6 heteroatoms. The summed E-state index contributed by atoms with van der Waals surface area (Å²) in [6.45, 7) is 6.56. The van der Waals surface area contributed by atoms with Crippen molar-refractivity contribution >= 4 is 17.9 Å². The Kier molecular flexibility index (Phi) is 47.8. The van der Waals surface area contributed by atoms with Crippen molar-refractivity contribution in [2.24, 2.45) is 0 Å². The zero-order valence-electron chi connectivity index (χ0n) is 40.2. The lowest BCUT2D eigenvalue weighted by atomic mass is 10.0. The number of esters is 3. The van der Waals surface area contributed by atoms with Gasteiger partial charge >= 0.3 is 17.9 Å². The molecule has 0 spiro atoms. The van der Waals surface area contributed by atoms with Crippen LogP contribution < -0.4 is 0 Å². The zero-order chi connectivity index (χ0) is 43.7. The van der Waals surface area contributed by atoms with Gasteiger partial charge in [0, 0.05) is 19.3 Å². The van der Waals surface area contributed by atoms with E-state index in [2.05, 4.69) is 45.1 Å². The fourth-order valence-corrected chi connectivity index (χ4v) is 7.67. The fraction of sp³-hybridized carbons (Fsp3) is 0.870. The minimum Gasteiger partial charge on any atom is -0.462 e. The molecule has 0 aliphatic heterocycles. The molecule has 0 rings (SSSR count). The molecule has 6 nitrogen and oxygen atoms in total. The van der Waals surface area contributed by atoms with Crippen LogP contribution in [0.15, 0.2) is 24.3 Å². The largest absolute Gasteiger partial charge is 0.462 e. The second-order valence-corrected chi connectivity index (χ2v) is 17.8. The molecule has 0 heterocycles. The van der Waals surface area contributed by atoms with Gasteiger partial charge in [0.15, 0.2) is 6.10 Å².